The number of urea groups is 1. The van der Waals surface area contributed by atoms with E-state index in [2.05, 4.69) is 16.0 Å². The summed E-state index contributed by atoms with van der Waals surface area (Å²) in [6.07, 6.45) is 5.64. The van der Waals surface area contributed by atoms with E-state index in [0.717, 1.165) is 24.1 Å². The molecule has 0 aromatic heterocycles. The number of hydrogen-bond donors (Lipinski definition) is 3. The van der Waals surface area contributed by atoms with Crippen molar-refractivity contribution in [2.24, 2.45) is 0 Å². The summed E-state index contributed by atoms with van der Waals surface area (Å²) in [4.78, 5) is 23.5. The molecular weight excluding hydrogens is 266 g/mol. The second-order valence-electron chi connectivity index (χ2n) is 5.53. The second kappa shape index (κ2) is 7.67. The van der Waals surface area contributed by atoms with E-state index in [1.54, 1.807) is 0 Å². The third-order valence-electron chi connectivity index (χ3n) is 3.77. The Morgan fingerprint density at radius 1 is 1.14 bits per heavy atom. The van der Waals surface area contributed by atoms with Crippen molar-refractivity contribution in [3.8, 4) is 0 Å². The minimum atomic E-state index is -0.262. The molecule has 21 heavy (non-hydrogen) atoms. The largest absolute Gasteiger partial charge is 0.335 e. The molecule has 1 aromatic rings. The van der Waals surface area contributed by atoms with E-state index in [0.29, 0.717) is 0 Å². The Labute approximate surface area is 125 Å². The average molecular weight is 289 g/mol. The standard InChI is InChI=1S/C16H23N3O2/c1-12-7-5-6-10-14(12)19-15(20)11-17-16(21)18-13-8-3-2-4-9-13/h5-7,10,13H,2-4,8-9,11H2,1H3,(H,19,20)(H2,17,18,21). The summed E-state index contributed by atoms with van der Waals surface area (Å²) in [5.74, 6) is -0.219. The SMILES string of the molecule is Cc1ccccc1NC(=O)CNC(=O)NC1CCCCC1. The van der Waals surface area contributed by atoms with Crippen LogP contribution < -0.4 is 16.0 Å². The normalized spacial score (nSPS) is 15.3. The topological polar surface area (TPSA) is 70.2 Å². The molecule has 3 amide bonds. The molecule has 0 radical (unpaired) electrons. The summed E-state index contributed by atoms with van der Waals surface area (Å²) in [6, 6.07) is 7.54. The summed E-state index contributed by atoms with van der Waals surface area (Å²) in [5, 5.41) is 8.31. The lowest BCUT2D eigenvalue weighted by Crippen LogP contribution is -2.45. The van der Waals surface area contributed by atoms with Gasteiger partial charge in [-0.25, -0.2) is 4.79 Å². The van der Waals surface area contributed by atoms with Gasteiger partial charge in [-0.1, -0.05) is 37.5 Å². The van der Waals surface area contributed by atoms with Gasteiger partial charge in [0.15, 0.2) is 0 Å². The second-order valence-corrected chi connectivity index (χ2v) is 5.53. The van der Waals surface area contributed by atoms with Crippen LogP contribution in [0.3, 0.4) is 0 Å². The highest BCUT2D eigenvalue weighted by Crippen LogP contribution is 2.17. The molecule has 1 saturated carbocycles. The molecule has 1 aliphatic carbocycles. The van der Waals surface area contributed by atoms with E-state index in [-0.39, 0.29) is 24.5 Å². The summed E-state index contributed by atoms with van der Waals surface area (Å²) >= 11 is 0. The van der Waals surface area contributed by atoms with Crippen LogP contribution in [0.1, 0.15) is 37.7 Å². The van der Waals surface area contributed by atoms with Crippen LogP contribution in [0.25, 0.3) is 0 Å². The predicted octanol–water partition coefficient (Wildman–Crippen LogP) is 2.57. The molecule has 3 N–H and O–H groups in total. The summed E-state index contributed by atoms with van der Waals surface area (Å²) in [7, 11) is 0. The molecule has 0 unspecified atom stereocenters. The number of rotatable bonds is 4. The third-order valence-corrected chi connectivity index (χ3v) is 3.77. The van der Waals surface area contributed by atoms with Crippen LogP contribution in [0.15, 0.2) is 24.3 Å². The first kappa shape index (κ1) is 15.4. The smallest absolute Gasteiger partial charge is 0.315 e. The molecule has 5 heteroatoms. The van der Waals surface area contributed by atoms with E-state index in [1.807, 2.05) is 31.2 Å². The number of anilines is 1. The monoisotopic (exact) mass is 289 g/mol. The first-order valence-electron chi connectivity index (χ1n) is 7.55. The van der Waals surface area contributed by atoms with E-state index in [9.17, 15) is 9.59 Å². The third kappa shape index (κ3) is 5.10. The van der Waals surface area contributed by atoms with Crippen LogP contribution in [0, 0.1) is 6.92 Å². The van der Waals surface area contributed by atoms with Crippen LogP contribution in [-0.4, -0.2) is 24.5 Å². The van der Waals surface area contributed by atoms with E-state index in [4.69, 9.17) is 0 Å². The predicted molar refractivity (Wildman–Crippen MR) is 83.2 cm³/mol. The van der Waals surface area contributed by atoms with Crippen LogP contribution in [0.4, 0.5) is 10.5 Å². The Morgan fingerprint density at radius 2 is 1.86 bits per heavy atom. The van der Waals surface area contributed by atoms with Gasteiger partial charge in [-0.2, -0.15) is 0 Å². The molecule has 0 bridgehead atoms. The number of hydrogen-bond acceptors (Lipinski definition) is 2. The van der Waals surface area contributed by atoms with E-state index < -0.39 is 0 Å². The molecule has 1 aliphatic rings. The Morgan fingerprint density at radius 3 is 2.57 bits per heavy atom. The van der Waals surface area contributed by atoms with Gasteiger partial charge in [-0.3, -0.25) is 4.79 Å². The van der Waals surface area contributed by atoms with E-state index in [1.165, 1.54) is 19.3 Å². The quantitative estimate of drug-likeness (QED) is 0.797. The van der Waals surface area contributed by atoms with Crippen LogP contribution >= 0.6 is 0 Å². The lowest BCUT2D eigenvalue weighted by molar-refractivity contribution is -0.115. The molecular formula is C16H23N3O2. The van der Waals surface area contributed by atoms with Crippen LogP contribution in [0.2, 0.25) is 0 Å². The first-order chi connectivity index (χ1) is 10.1. The molecule has 0 aliphatic heterocycles. The minimum absolute atomic E-state index is 0.0209. The zero-order valence-corrected chi connectivity index (χ0v) is 12.4. The summed E-state index contributed by atoms with van der Waals surface area (Å²) in [5.41, 5.74) is 1.77. The number of amides is 3. The van der Waals surface area contributed by atoms with Gasteiger partial charge >= 0.3 is 6.03 Å². The van der Waals surface area contributed by atoms with Crippen molar-refractivity contribution in [2.75, 3.05) is 11.9 Å². The van der Waals surface area contributed by atoms with Crippen LogP contribution in [-0.2, 0) is 4.79 Å². The minimum Gasteiger partial charge on any atom is -0.335 e. The lowest BCUT2D eigenvalue weighted by Gasteiger charge is -2.22. The highest BCUT2D eigenvalue weighted by atomic mass is 16.2. The van der Waals surface area contributed by atoms with Crippen molar-refractivity contribution in [3.05, 3.63) is 29.8 Å². The molecule has 0 heterocycles. The fourth-order valence-electron chi connectivity index (χ4n) is 2.55. The lowest BCUT2D eigenvalue weighted by atomic mass is 9.96. The van der Waals surface area contributed by atoms with Gasteiger partial charge in [-0.05, 0) is 31.4 Å². The number of benzene rings is 1. The highest BCUT2D eigenvalue weighted by Gasteiger charge is 2.15. The molecule has 0 atom stereocenters. The fraction of sp³-hybridized carbons (Fsp3) is 0.500. The Kier molecular flexibility index (Phi) is 5.60. The molecule has 1 aromatic carbocycles. The van der Waals surface area contributed by atoms with Crippen molar-refractivity contribution in [2.45, 2.75) is 45.1 Å². The summed E-state index contributed by atoms with van der Waals surface area (Å²) in [6.45, 7) is 1.91. The maximum absolute atomic E-state index is 11.8. The molecule has 114 valence electrons. The maximum atomic E-state index is 11.8. The highest BCUT2D eigenvalue weighted by molar-refractivity contribution is 5.94. The zero-order chi connectivity index (χ0) is 15.1. The Balaban J connectivity index is 1.71. The molecule has 1 fully saturated rings. The average Bonchev–Trinajstić information content (AvgIpc) is 2.49. The van der Waals surface area contributed by atoms with Gasteiger partial charge in [0.25, 0.3) is 0 Å². The van der Waals surface area contributed by atoms with Gasteiger partial charge in [0.1, 0.15) is 0 Å². The van der Waals surface area contributed by atoms with Crippen molar-refractivity contribution in [1.29, 1.82) is 0 Å². The number of para-hydroxylation sites is 1. The van der Waals surface area contributed by atoms with E-state index >= 15 is 0 Å². The molecule has 0 saturated heterocycles. The molecule has 0 spiro atoms. The number of carbonyl (C=O) groups is 2. The van der Waals surface area contributed by atoms with Crippen molar-refractivity contribution in [3.63, 3.8) is 0 Å². The fourth-order valence-corrected chi connectivity index (χ4v) is 2.55. The zero-order valence-electron chi connectivity index (χ0n) is 12.4. The van der Waals surface area contributed by atoms with Gasteiger partial charge < -0.3 is 16.0 Å². The van der Waals surface area contributed by atoms with Crippen LogP contribution in [0.5, 0.6) is 0 Å². The molecule has 5 nitrogen and oxygen atoms in total. The maximum Gasteiger partial charge on any atom is 0.315 e. The van der Waals surface area contributed by atoms with Crippen molar-refractivity contribution < 1.29 is 9.59 Å². The van der Waals surface area contributed by atoms with Crippen molar-refractivity contribution in [1.82, 2.24) is 10.6 Å². The van der Waals surface area contributed by atoms with Gasteiger partial charge in [0, 0.05) is 11.7 Å². The Bertz CT molecular complexity index is 496. The molecule has 2 rings (SSSR count). The Hall–Kier alpha value is -2.04. The van der Waals surface area contributed by atoms with Gasteiger partial charge in [0.05, 0.1) is 6.54 Å². The van der Waals surface area contributed by atoms with Gasteiger partial charge in [-0.15, -0.1) is 0 Å². The van der Waals surface area contributed by atoms with Crippen molar-refractivity contribution >= 4 is 17.6 Å². The number of nitrogens with one attached hydrogen (secondary N) is 3. The summed E-state index contributed by atoms with van der Waals surface area (Å²) < 4.78 is 0. The number of aryl methyl sites for hydroxylation is 1. The first-order valence-corrected chi connectivity index (χ1v) is 7.55. The number of carbonyl (C=O) groups excluding carboxylic acids is 2. The van der Waals surface area contributed by atoms with Gasteiger partial charge in [0.2, 0.25) is 5.91 Å².